The molecule has 1 aromatic rings. The Morgan fingerprint density at radius 1 is 1.15 bits per heavy atom. The van der Waals surface area contributed by atoms with E-state index in [2.05, 4.69) is 4.72 Å². The van der Waals surface area contributed by atoms with E-state index in [0.717, 1.165) is 37.8 Å². The van der Waals surface area contributed by atoms with Gasteiger partial charge in [0.25, 0.3) is 0 Å². The summed E-state index contributed by atoms with van der Waals surface area (Å²) in [5.74, 6) is -1.34. The molecule has 2 aliphatic rings. The number of piperidine rings is 1. The molecule has 1 aliphatic carbocycles. The summed E-state index contributed by atoms with van der Waals surface area (Å²) in [4.78, 5) is 24.7. The van der Waals surface area contributed by atoms with Gasteiger partial charge >= 0.3 is 5.97 Å². The van der Waals surface area contributed by atoms with Crippen molar-refractivity contribution in [3.63, 3.8) is 0 Å². The zero-order valence-corrected chi connectivity index (χ0v) is 15.0. The van der Waals surface area contributed by atoms with Gasteiger partial charge in [0.2, 0.25) is 15.9 Å². The highest BCUT2D eigenvalue weighted by Gasteiger charge is 2.35. The first-order chi connectivity index (χ1) is 12.3. The van der Waals surface area contributed by atoms with E-state index >= 15 is 0 Å². The fourth-order valence-corrected chi connectivity index (χ4v) is 4.25. The third-order valence-corrected chi connectivity index (χ3v) is 6.34. The molecule has 0 bridgehead atoms. The van der Waals surface area contributed by atoms with Crippen molar-refractivity contribution in [3.8, 4) is 5.75 Å². The van der Waals surface area contributed by atoms with Gasteiger partial charge in [-0.25, -0.2) is 17.9 Å². The maximum atomic E-state index is 12.4. The number of carbonyl (C=O) groups is 2. The Bertz CT molecular complexity index is 811. The first kappa shape index (κ1) is 18.7. The fourth-order valence-electron chi connectivity index (χ4n) is 3.11. The number of nitrogens with zero attached hydrogens (tertiary/aromatic N) is 1. The van der Waals surface area contributed by atoms with Crippen LogP contribution in [0.4, 0.5) is 0 Å². The molecular formula is C17H22N2O6S. The smallest absolute Gasteiger partial charge is 0.339 e. The van der Waals surface area contributed by atoms with Crippen LogP contribution in [0.1, 0.15) is 36.0 Å². The molecule has 1 saturated heterocycles. The molecular weight excluding hydrogens is 360 g/mol. The van der Waals surface area contributed by atoms with Gasteiger partial charge < -0.3 is 15.1 Å². The highest BCUT2D eigenvalue weighted by molar-refractivity contribution is 7.89. The molecule has 1 amide bonds. The molecule has 3 N–H and O–H groups in total. The average Bonchev–Trinajstić information content (AvgIpc) is 3.45. The summed E-state index contributed by atoms with van der Waals surface area (Å²) in [6.07, 6.45) is 3.42. The van der Waals surface area contributed by atoms with E-state index in [1.54, 1.807) is 0 Å². The van der Waals surface area contributed by atoms with Crippen LogP contribution in [0.5, 0.6) is 5.75 Å². The molecule has 142 valence electrons. The Labute approximate surface area is 151 Å². The zero-order chi connectivity index (χ0) is 18.9. The van der Waals surface area contributed by atoms with Crippen molar-refractivity contribution in [2.75, 3.05) is 19.6 Å². The van der Waals surface area contributed by atoms with Crippen LogP contribution in [-0.4, -0.2) is 55.0 Å². The molecule has 1 saturated carbocycles. The third-order valence-electron chi connectivity index (χ3n) is 4.92. The second kappa shape index (κ2) is 7.24. The highest BCUT2D eigenvalue weighted by atomic mass is 32.2. The number of carboxylic acid groups (broad SMARTS) is 1. The second-order valence-electron chi connectivity index (χ2n) is 6.88. The standard InChI is InChI=1S/C17H22N2O6S/c20-15-4-3-13(9-14(15)17(22)23)26(24,25)18-10-11-5-7-19(8-6-11)16(21)12-1-2-12/h3-4,9,11-12,18,20H,1-2,5-8,10H2,(H,22,23). The SMILES string of the molecule is O=C(O)c1cc(S(=O)(=O)NCC2CCN(C(=O)C3CC3)CC2)ccc1O. The van der Waals surface area contributed by atoms with Gasteiger partial charge in [-0.3, -0.25) is 4.79 Å². The molecule has 1 aliphatic heterocycles. The van der Waals surface area contributed by atoms with Crippen molar-refractivity contribution in [2.45, 2.75) is 30.6 Å². The number of amides is 1. The van der Waals surface area contributed by atoms with Gasteiger partial charge in [0.15, 0.2) is 0 Å². The minimum Gasteiger partial charge on any atom is -0.507 e. The van der Waals surface area contributed by atoms with Crippen LogP contribution in [0.15, 0.2) is 23.1 Å². The lowest BCUT2D eigenvalue weighted by Gasteiger charge is -2.32. The van der Waals surface area contributed by atoms with E-state index in [4.69, 9.17) is 5.11 Å². The van der Waals surface area contributed by atoms with E-state index in [1.807, 2.05) is 4.90 Å². The molecule has 1 heterocycles. The number of carboxylic acids is 1. The molecule has 3 rings (SSSR count). The molecule has 0 unspecified atom stereocenters. The minimum absolute atomic E-state index is 0.129. The number of likely N-dealkylation sites (tertiary alicyclic amines) is 1. The Hall–Kier alpha value is -2.13. The van der Waals surface area contributed by atoms with Gasteiger partial charge in [-0.1, -0.05) is 0 Å². The number of benzene rings is 1. The summed E-state index contributed by atoms with van der Waals surface area (Å²) in [7, 11) is -3.87. The maximum Gasteiger partial charge on any atom is 0.339 e. The third kappa shape index (κ3) is 4.16. The Kier molecular flexibility index (Phi) is 5.19. The van der Waals surface area contributed by atoms with Crippen LogP contribution in [0.2, 0.25) is 0 Å². The highest BCUT2D eigenvalue weighted by Crippen LogP contribution is 2.32. The predicted octanol–water partition coefficient (Wildman–Crippen LogP) is 1.02. The van der Waals surface area contributed by atoms with Crippen LogP contribution >= 0.6 is 0 Å². The molecule has 0 atom stereocenters. The summed E-state index contributed by atoms with van der Waals surface area (Å²) in [6, 6.07) is 3.16. The number of aromatic hydroxyl groups is 1. The van der Waals surface area contributed by atoms with Crippen LogP contribution in [0.3, 0.4) is 0 Å². The van der Waals surface area contributed by atoms with Gasteiger partial charge in [-0.2, -0.15) is 0 Å². The van der Waals surface area contributed by atoms with Crippen molar-refractivity contribution in [1.82, 2.24) is 9.62 Å². The summed E-state index contributed by atoms with van der Waals surface area (Å²) in [5, 5.41) is 18.5. The van der Waals surface area contributed by atoms with E-state index < -0.39 is 27.3 Å². The Morgan fingerprint density at radius 2 is 1.81 bits per heavy atom. The van der Waals surface area contributed by atoms with Gasteiger partial charge in [-0.05, 0) is 49.8 Å². The first-order valence-electron chi connectivity index (χ1n) is 8.62. The van der Waals surface area contributed by atoms with Crippen molar-refractivity contribution in [1.29, 1.82) is 0 Å². The van der Waals surface area contributed by atoms with Gasteiger partial charge in [-0.15, -0.1) is 0 Å². The van der Waals surface area contributed by atoms with Gasteiger partial charge in [0.1, 0.15) is 11.3 Å². The fraction of sp³-hybridized carbons (Fsp3) is 0.529. The maximum absolute atomic E-state index is 12.4. The molecule has 0 aromatic heterocycles. The number of phenols is 1. The number of hydrogen-bond donors (Lipinski definition) is 3. The van der Waals surface area contributed by atoms with Crippen molar-refractivity contribution in [3.05, 3.63) is 23.8 Å². The van der Waals surface area contributed by atoms with Crippen LogP contribution < -0.4 is 4.72 Å². The Balaban J connectivity index is 1.56. The van der Waals surface area contributed by atoms with Crippen LogP contribution in [-0.2, 0) is 14.8 Å². The molecule has 26 heavy (non-hydrogen) atoms. The molecule has 2 fully saturated rings. The predicted molar refractivity (Wildman–Crippen MR) is 92.3 cm³/mol. The monoisotopic (exact) mass is 382 g/mol. The summed E-state index contributed by atoms with van der Waals surface area (Å²) >= 11 is 0. The summed E-state index contributed by atoms with van der Waals surface area (Å²) < 4.78 is 27.3. The van der Waals surface area contributed by atoms with Crippen LogP contribution in [0.25, 0.3) is 0 Å². The number of hydrogen-bond acceptors (Lipinski definition) is 5. The zero-order valence-electron chi connectivity index (χ0n) is 14.2. The van der Waals surface area contributed by atoms with E-state index in [9.17, 15) is 23.1 Å². The molecule has 8 nitrogen and oxygen atoms in total. The van der Waals surface area contributed by atoms with Crippen molar-refractivity contribution in [2.24, 2.45) is 11.8 Å². The topological polar surface area (TPSA) is 124 Å². The summed E-state index contributed by atoms with van der Waals surface area (Å²) in [6.45, 7) is 1.52. The number of aromatic carboxylic acids is 1. The van der Waals surface area contributed by atoms with Gasteiger partial charge in [0, 0.05) is 25.6 Å². The average molecular weight is 382 g/mol. The number of rotatable bonds is 6. The van der Waals surface area contributed by atoms with Gasteiger partial charge in [0.05, 0.1) is 4.90 Å². The molecule has 0 spiro atoms. The second-order valence-corrected chi connectivity index (χ2v) is 8.65. The van der Waals surface area contributed by atoms with Crippen molar-refractivity contribution >= 4 is 21.9 Å². The van der Waals surface area contributed by atoms with Crippen molar-refractivity contribution < 1.29 is 28.2 Å². The number of nitrogens with one attached hydrogen (secondary N) is 1. The molecule has 1 aromatic carbocycles. The molecule has 0 radical (unpaired) electrons. The molecule has 9 heteroatoms. The summed E-state index contributed by atoms with van der Waals surface area (Å²) in [5.41, 5.74) is -0.459. The van der Waals surface area contributed by atoms with E-state index in [1.165, 1.54) is 6.07 Å². The lowest BCUT2D eigenvalue weighted by molar-refractivity contribution is -0.133. The first-order valence-corrected chi connectivity index (χ1v) is 10.1. The van der Waals surface area contributed by atoms with Crippen LogP contribution in [0, 0.1) is 11.8 Å². The van der Waals surface area contributed by atoms with E-state index in [0.29, 0.717) is 13.1 Å². The lowest BCUT2D eigenvalue weighted by Crippen LogP contribution is -2.42. The minimum atomic E-state index is -3.87. The normalized spacial score (nSPS) is 18.7. The van der Waals surface area contributed by atoms with E-state index in [-0.39, 0.29) is 29.2 Å². The Morgan fingerprint density at radius 3 is 2.38 bits per heavy atom. The number of carbonyl (C=O) groups excluding carboxylic acids is 1. The largest absolute Gasteiger partial charge is 0.507 e. The quantitative estimate of drug-likeness (QED) is 0.675. The lowest BCUT2D eigenvalue weighted by atomic mass is 9.97. The number of sulfonamides is 1.